The van der Waals surface area contributed by atoms with Gasteiger partial charge in [0.05, 0.1) is 0 Å². The molecule has 1 fully saturated rings. The molecule has 3 nitrogen and oxygen atoms in total. The minimum absolute atomic E-state index is 0.250. The van der Waals surface area contributed by atoms with Gasteiger partial charge >= 0.3 is 0 Å². The van der Waals surface area contributed by atoms with E-state index in [9.17, 15) is 4.79 Å². The minimum Gasteiger partial charge on any atom is -0.315 e. The van der Waals surface area contributed by atoms with Gasteiger partial charge in [0.15, 0.2) is 0 Å². The van der Waals surface area contributed by atoms with Gasteiger partial charge in [0.2, 0.25) is 5.91 Å². The third-order valence-corrected chi connectivity index (χ3v) is 3.42. The molecule has 1 saturated heterocycles. The minimum atomic E-state index is 0.250. The van der Waals surface area contributed by atoms with Crippen molar-refractivity contribution in [2.45, 2.75) is 26.7 Å². The molecule has 0 aromatic heterocycles. The van der Waals surface area contributed by atoms with Crippen LogP contribution in [-0.2, 0) is 4.79 Å². The summed E-state index contributed by atoms with van der Waals surface area (Å²) in [6.45, 7) is 6.77. The highest BCUT2D eigenvalue weighted by Gasteiger charge is 2.18. The quantitative estimate of drug-likeness (QED) is 0.803. The lowest BCUT2D eigenvalue weighted by atomic mass is 10.1. The summed E-state index contributed by atoms with van der Waals surface area (Å²) < 4.78 is 0. The summed E-state index contributed by atoms with van der Waals surface area (Å²) in [5.41, 5.74) is 3.52. The fourth-order valence-corrected chi connectivity index (χ4v) is 2.22. The molecule has 0 bridgehead atoms. The molecule has 0 unspecified atom stereocenters. The van der Waals surface area contributed by atoms with Crippen LogP contribution in [0.3, 0.4) is 0 Å². The van der Waals surface area contributed by atoms with Crippen molar-refractivity contribution in [1.29, 1.82) is 0 Å². The number of carbonyl (C=O) groups excluding carboxylic acids is 1. The van der Waals surface area contributed by atoms with Gasteiger partial charge in [-0.15, -0.1) is 0 Å². The molecule has 1 aliphatic heterocycles. The summed E-state index contributed by atoms with van der Waals surface area (Å²) in [6, 6.07) is 6.16. The molecule has 1 N–H and O–H groups in total. The molecule has 0 spiro atoms. The number of hydrogen-bond donors (Lipinski definition) is 1. The van der Waals surface area contributed by atoms with E-state index in [0.717, 1.165) is 31.7 Å². The molecule has 92 valence electrons. The van der Waals surface area contributed by atoms with Crippen LogP contribution in [-0.4, -0.2) is 25.5 Å². The van der Waals surface area contributed by atoms with Crippen LogP contribution < -0.4 is 10.2 Å². The maximum atomic E-state index is 12.1. The van der Waals surface area contributed by atoms with E-state index < -0.39 is 0 Å². The highest BCUT2D eigenvalue weighted by atomic mass is 16.2. The van der Waals surface area contributed by atoms with Gasteiger partial charge < -0.3 is 10.2 Å². The number of rotatable bonds is 1. The highest BCUT2D eigenvalue weighted by molar-refractivity contribution is 5.94. The van der Waals surface area contributed by atoms with Gasteiger partial charge in [0.1, 0.15) is 0 Å². The lowest BCUT2D eigenvalue weighted by Gasteiger charge is -2.27. The molecular weight excluding hydrogens is 212 g/mol. The van der Waals surface area contributed by atoms with Crippen LogP contribution in [0, 0.1) is 13.8 Å². The summed E-state index contributed by atoms with van der Waals surface area (Å²) in [7, 11) is 0. The van der Waals surface area contributed by atoms with E-state index in [1.54, 1.807) is 0 Å². The average molecular weight is 232 g/mol. The standard InChI is InChI=1S/C14H20N2O/c1-11-5-3-6-13(12(11)2)16-10-9-15-8-4-7-14(16)17/h3,5-6,15H,4,7-10H2,1-2H3. The zero-order chi connectivity index (χ0) is 12.3. The Morgan fingerprint density at radius 3 is 2.88 bits per heavy atom. The molecule has 1 heterocycles. The highest BCUT2D eigenvalue weighted by Crippen LogP contribution is 2.23. The van der Waals surface area contributed by atoms with E-state index in [4.69, 9.17) is 0 Å². The summed E-state index contributed by atoms with van der Waals surface area (Å²) in [5.74, 6) is 0.250. The molecule has 0 aliphatic carbocycles. The molecule has 17 heavy (non-hydrogen) atoms. The number of nitrogens with zero attached hydrogens (tertiary/aromatic N) is 1. The average Bonchev–Trinajstić information content (AvgIpc) is 2.29. The topological polar surface area (TPSA) is 32.3 Å². The van der Waals surface area contributed by atoms with E-state index in [-0.39, 0.29) is 5.91 Å². The maximum Gasteiger partial charge on any atom is 0.227 e. The Balaban J connectivity index is 2.29. The van der Waals surface area contributed by atoms with E-state index in [1.165, 1.54) is 11.1 Å². The zero-order valence-electron chi connectivity index (χ0n) is 10.6. The second-order valence-electron chi connectivity index (χ2n) is 4.62. The molecule has 0 atom stereocenters. The predicted octanol–water partition coefficient (Wildman–Crippen LogP) is 2.02. The fourth-order valence-electron chi connectivity index (χ4n) is 2.22. The predicted molar refractivity (Wildman–Crippen MR) is 70.4 cm³/mol. The van der Waals surface area contributed by atoms with Gasteiger partial charge in [0, 0.05) is 25.2 Å². The van der Waals surface area contributed by atoms with Crippen molar-refractivity contribution in [1.82, 2.24) is 5.32 Å². The monoisotopic (exact) mass is 232 g/mol. The number of carbonyl (C=O) groups is 1. The largest absolute Gasteiger partial charge is 0.315 e. The normalized spacial score (nSPS) is 17.8. The van der Waals surface area contributed by atoms with Crippen LogP contribution in [0.5, 0.6) is 0 Å². The van der Waals surface area contributed by atoms with Gasteiger partial charge in [-0.1, -0.05) is 12.1 Å². The van der Waals surface area contributed by atoms with E-state index >= 15 is 0 Å². The first-order valence-electron chi connectivity index (χ1n) is 6.27. The van der Waals surface area contributed by atoms with E-state index in [2.05, 4.69) is 25.2 Å². The van der Waals surface area contributed by atoms with Crippen molar-refractivity contribution >= 4 is 11.6 Å². The third kappa shape index (κ3) is 2.67. The van der Waals surface area contributed by atoms with Gasteiger partial charge in [0.25, 0.3) is 0 Å². The molecule has 1 amide bonds. The summed E-state index contributed by atoms with van der Waals surface area (Å²) in [4.78, 5) is 14.1. The first-order chi connectivity index (χ1) is 8.20. The number of hydrogen-bond acceptors (Lipinski definition) is 2. The van der Waals surface area contributed by atoms with Crippen molar-refractivity contribution in [2.24, 2.45) is 0 Å². The van der Waals surface area contributed by atoms with E-state index in [1.807, 2.05) is 17.0 Å². The molecule has 1 aliphatic rings. The molecule has 2 rings (SSSR count). The second-order valence-corrected chi connectivity index (χ2v) is 4.62. The Kier molecular flexibility index (Phi) is 3.79. The lowest BCUT2D eigenvalue weighted by Crippen LogP contribution is -2.40. The molecule has 0 saturated carbocycles. The zero-order valence-corrected chi connectivity index (χ0v) is 10.6. The molecule has 1 aromatic carbocycles. The van der Waals surface area contributed by atoms with Gasteiger partial charge in [-0.25, -0.2) is 0 Å². The van der Waals surface area contributed by atoms with Crippen molar-refractivity contribution in [3.05, 3.63) is 29.3 Å². The SMILES string of the molecule is Cc1cccc(N2CCNCCCC2=O)c1C. The van der Waals surface area contributed by atoms with Crippen LogP contribution in [0.25, 0.3) is 0 Å². The maximum absolute atomic E-state index is 12.1. The number of nitrogens with one attached hydrogen (secondary N) is 1. The Morgan fingerprint density at radius 2 is 2.06 bits per heavy atom. The Morgan fingerprint density at radius 1 is 1.24 bits per heavy atom. The Labute approximate surface area is 103 Å². The third-order valence-electron chi connectivity index (χ3n) is 3.42. The molecular formula is C14H20N2O. The fraction of sp³-hybridized carbons (Fsp3) is 0.500. The smallest absolute Gasteiger partial charge is 0.227 e. The lowest BCUT2D eigenvalue weighted by molar-refractivity contribution is -0.118. The molecule has 0 radical (unpaired) electrons. The summed E-state index contributed by atoms with van der Waals surface area (Å²) in [5, 5.41) is 3.35. The summed E-state index contributed by atoms with van der Waals surface area (Å²) in [6.07, 6.45) is 1.57. The molecule has 1 aromatic rings. The van der Waals surface area contributed by atoms with Crippen molar-refractivity contribution in [3.63, 3.8) is 0 Å². The molecule has 3 heteroatoms. The van der Waals surface area contributed by atoms with Crippen molar-refractivity contribution < 1.29 is 4.79 Å². The number of benzene rings is 1. The first-order valence-corrected chi connectivity index (χ1v) is 6.27. The van der Waals surface area contributed by atoms with Gasteiger partial charge in [-0.3, -0.25) is 4.79 Å². The Bertz CT molecular complexity index is 415. The van der Waals surface area contributed by atoms with Crippen molar-refractivity contribution in [3.8, 4) is 0 Å². The number of amides is 1. The number of anilines is 1. The Hall–Kier alpha value is -1.35. The van der Waals surface area contributed by atoms with Gasteiger partial charge in [-0.05, 0) is 44.0 Å². The van der Waals surface area contributed by atoms with Gasteiger partial charge in [-0.2, -0.15) is 0 Å². The van der Waals surface area contributed by atoms with E-state index in [0.29, 0.717) is 6.42 Å². The van der Waals surface area contributed by atoms with Crippen LogP contribution in [0.15, 0.2) is 18.2 Å². The number of aryl methyl sites for hydroxylation is 1. The van der Waals surface area contributed by atoms with Crippen LogP contribution in [0.4, 0.5) is 5.69 Å². The van der Waals surface area contributed by atoms with Crippen LogP contribution in [0.1, 0.15) is 24.0 Å². The van der Waals surface area contributed by atoms with Crippen LogP contribution in [0.2, 0.25) is 0 Å². The first kappa shape index (κ1) is 12.1. The second kappa shape index (κ2) is 5.32. The van der Waals surface area contributed by atoms with Crippen LogP contribution >= 0.6 is 0 Å². The van der Waals surface area contributed by atoms with Crippen molar-refractivity contribution in [2.75, 3.05) is 24.5 Å². The summed E-state index contributed by atoms with van der Waals surface area (Å²) >= 11 is 0.